The maximum Gasteiger partial charge on any atom is 0.343 e. The number of esters is 1. The lowest BCUT2D eigenvalue weighted by Crippen LogP contribution is -2.33. The largest absolute Gasteiger partial charge is 0.502 e. The molecule has 0 spiro atoms. The molecule has 0 aliphatic carbocycles. The summed E-state index contributed by atoms with van der Waals surface area (Å²) in [5, 5.41) is 14.8. The van der Waals surface area contributed by atoms with Crippen LogP contribution in [0.25, 0.3) is 10.8 Å². The zero-order valence-electron chi connectivity index (χ0n) is 31.2. The van der Waals surface area contributed by atoms with E-state index in [0.29, 0.717) is 31.1 Å². The number of nitrogens with zero attached hydrogens (tertiary/aromatic N) is 2. The Hall–Kier alpha value is -5.43. The van der Waals surface area contributed by atoms with E-state index in [0.717, 1.165) is 64.8 Å². The van der Waals surface area contributed by atoms with E-state index in [9.17, 15) is 4.79 Å². The van der Waals surface area contributed by atoms with Crippen molar-refractivity contribution in [3.8, 4) is 11.5 Å². The van der Waals surface area contributed by atoms with Gasteiger partial charge < -0.3 is 19.5 Å². The number of rotatable bonds is 17. The molecule has 0 atom stereocenters. The second-order valence-corrected chi connectivity index (χ2v) is 14.5. The number of hydrogen-bond donors (Lipinski definition) is 1. The lowest BCUT2D eigenvalue weighted by Gasteiger charge is -2.39. The standard InChI is InChI=1S/C45H51N3O4/c1-7-50-30-12-8-9-13-31-51-37-26-18-34(19-27-37)43(49)52-38-24-16-33(17-25-38)32-46-41-28-29-42(40-15-11-10-14-39(40)41)48-47-36-22-20-35(21-23-36)45(5,6)44(2,3)4/h7,10-11,14-29,46H,1,8-9,12-13,30-32H2,2-6H3. The van der Waals surface area contributed by atoms with E-state index in [-0.39, 0.29) is 10.8 Å². The van der Waals surface area contributed by atoms with Gasteiger partial charge in [-0.15, -0.1) is 5.11 Å². The molecule has 0 amide bonds. The van der Waals surface area contributed by atoms with Crippen LogP contribution in [0.3, 0.4) is 0 Å². The number of fused-ring (bicyclic) bond motifs is 1. The summed E-state index contributed by atoms with van der Waals surface area (Å²) in [6, 6.07) is 35.2. The third-order valence-electron chi connectivity index (χ3n) is 9.89. The molecule has 5 rings (SSSR count). The van der Waals surface area contributed by atoms with Crippen LogP contribution in [0, 0.1) is 5.41 Å². The molecule has 0 fully saturated rings. The van der Waals surface area contributed by atoms with Crippen molar-refractivity contribution in [1.82, 2.24) is 0 Å². The molecule has 52 heavy (non-hydrogen) atoms. The van der Waals surface area contributed by atoms with Gasteiger partial charge in [0, 0.05) is 23.0 Å². The zero-order chi connectivity index (χ0) is 37.0. The SMILES string of the molecule is C=COCCCCCCOc1ccc(C(=O)Oc2ccc(CNc3ccc(N=Nc4ccc(C(C)(C)C(C)(C)C)cc4)c4ccccc34)cc2)cc1. The van der Waals surface area contributed by atoms with Crippen LogP contribution in [0.2, 0.25) is 0 Å². The maximum atomic E-state index is 12.8. The van der Waals surface area contributed by atoms with Gasteiger partial charge in [-0.2, -0.15) is 5.11 Å². The Balaban J connectivity index is 1.13. The lowest BCUT2D eigenvalue weighted by atomic mass is 9.65. The van der Waals surface area contributed by atoms with Gasteiger partial charge in [-0.1, -0.05) is 89.7 Å². The van der Waals surface area contributed by atoms with Crippen molar-refractivity contribution in [3.05, 3.63) is 139 Å². The quantitative estimate of drug-likeness (QED) is 0.0344. The summed E-state index contributed by atoms with van der Waals surface area (Å²) < 4.78 is 16.6. The summed E-state index contributed by atoms with van der Waals surface area (Å²) in [5.74, 6) is 0.807. The Morgan fingerprint density at radius 3 is 2.04 bits per heavy atom. The van der Waals surface area contributed by atoms with Gasteiger partial charge in [0.25, 0.3) is 0 Å². The molecule has 0 heterocycles. The molecule has 270 valence electrons. The number of unbranched alkanes of at least 4 members (excludes halogenated alkanes) is 3. The van der Waals surface area contributed by atoms with Gasteiger partial charge in [0.15, 0.2) is 0 Å². The van der Waals surface area contributed by atoms with Gasteiger partial charge in [-0.3, -0.25) is 0 Å². The molecule has 7 heteroatoms. The highest BCUT2D eigenvalue weighted by Gasteiger charge is 2.34. The smallest absolute Gasteiger partial charge is 0.343 e. The van der Waals surface area contributed by atoms with E-state index >= 15 is 0 Å². The minimum Gasteiger partial charge on any atom is -0.502 e. The number of hydrogen-bond acceptors (Lipinski definition) is 7. The summed E-state index contributed by atoms with van der Waals surface area (Å²) >= 11 is 0. The molecule has 0 aliphatic heterocycles. The maximum absolute atomic E-state index is 12.8. The van der Waals surface area contributed by atoms with Crippen molar-refractivity contribution in [2.45, 2.75) is 72.3 Å². The van der Waals surface area contributed by atoms with E-state index in [1.807, 2.05) is 60.7 Å². The fraction of sp³-hybridized carbons (Fsp3) is 0.311. The van der Waals surface area contributed by atoms with Crippen LogP contribution in [0.1, 0.15) is 81.8 Å². The van der Waals surface area contributed by atoms with Crippen LogP contribution in [-0.4, -0.2) is 19.2 Å². The molecule has 0 aliphatic rings. The topological polar surface area (TPSA) is 81.5 Å². The first kappa shape index (κ1) is 37.8. The van der Waals surface area contributed by atoms with Gasteiger partial charge in [-0.25, -0.2) is 4.79 Å². The Bertz CT molecular complexity index is 1940. The summed E-state index contributed by atoms with van der Waals surface area (Å²) in [5.41, 5.74) is 5.60. The zero-order valence-corrected chi connectivity index (χ0v) is 31.2. The molecule has 0 saturated carbocycles. The number of carbonyl (C=O) groups excluding carboxylic acids is 1. The molecular formula is C45H51N3O4. The Labute approximate surface area is 308 Å². The van der Waals surface area contributed by atoms with Gasteiger partial charge >= 0.3 is 5.97 Å². The monoisotopic (exact) mass is 697 g/mol. The number of ether oxygens (including phenoxy) is 3. The van der Waals surface area contributed by atoms with Crippen molar-refractivity contribution >= 4 is 33.8 Å². The number of carbonyl (C=O) groups is 1. The number of anilines is 1. The lowest BCUT2D eigenvalue weighted by molar-refractivity contribution is 0.0734. The molecule has 0 radical (unpaired) electrons. The highest BCUT2D eigenvalue weighted by atomic mass is 16.5. The van der Waals surface area contributed by atoms with Crippen LogP contribution in [0.15, 0.2) is 132 Å². The molecule has 7 nitrogen and oxygen atoms in total. The normalized spacial score (nSPS) is 11.8. The molecule has 0 saturated heterocycles. The van der Waals surface area contributed by atoms with Crippen LogP contribution < -0.4 is 14.8 Å². The fourth-order valence-electron chi connectivity index (χ4n) is 5.65. The molecule has 5 aromatic carbocycles. The third-order valence-corrected chi connectivity index (χ3v) is 9.89. The number of azo groups is 1. The van der Waals surface area contributed by atoms with Crippen molar-refractivity contribution in [1.29, 1.82) is 0 Å². The van der Waals surface area contributed by atoms with Gasteiger partial charge in [0.1, 0.15) is 11.5 Å². The first-order chi connectivity index (χ1) is 25.0. The second-order valence-electron chi connectivity index (χ2n) is 14.5. The molecule has 0 bridgehead atoms. The number of nitrogens with one attached hydrogen (secondary N) is 1. The summed E-state index contributed by atoms with van der Waals surface area (Å²) in [6.45, 7) is 16.9. The highest BCUT2D eigenvalue weighted by Crippen LogP contribution is 2.41. The minimum absolute atomic E-state index is 0.0306. The first-order valence-corrected chi connectivity index (χ1v) is 18.1. The molecule has 1 N–H and O–H groups in total. The Morgan fingerprint density at radius 1 is 0.712 bits per heavy atom. The summed E-state index contributed by atoms with van der Waals surface area (Å²) in [7, 11) is 0. The van der Waals surface area contributed by atoms with Gasteiger partial charge in [-0.05, 0) is 108 Å². The second kappa shape index (κ2) is 17.7. The average molecular weight is 698 g/mol. The van der Waals surface area contributed by atoms with E-state index in [1.165, 1.54) is 11.8 Å². The Kier molecular flexibility index (Phi) is 12.9. The Morgan fingerprint density at radius 2 is 1.37 bits per heavy atom. The minimum atomic E-state index is -0.413. The summed E-state index contributed by atoms with van der Waals surface area (Å²) in [4.78, 5) is 12.8. The fourth-order valence-corrected chi connectivity index (χ4v) is 5.65. The van der Waals surface area contributed by atoms with E-state index in [1.54, 1.807) is 24.3 Å². The third kappa shape index (κ3) is 10.1. The van der Waals surface area contributed by atoms with E-state index in [2.05, 4.69) is 81.0 Å². The van der Waals surface area contributed by atoms with Crippen LogP contribution >= 0.6 is 0 Å². The van der Waals surface area contributed by atoms with Gasteiger partial charge in [0.2, 0.25) is 0 Å². The van der Waals surface area contributed by atoms with Crippen molar-refractivity contribution in [3.63, 3.8) is 0 Å². The van der Waals surface area contributed by atoms with E-state index in [4.69, 9.17) is 14.2 Å². The molecular weight excluding hydrogens is 647 g/mol. The van der Waals surface area contributed by atoms with Crippen LogP contribution in [0.4, 0.5) is 17.1 Å². The predicted molar refractivity (Wildman–Crippen MR) is 212 cm³/mol. The van der Waals surface area contributed by atoms with Crippen molar-refractivity contribution in [2.24, 2.45) is 15.6 Å². The predicted octanol–water partition coefficient (Wildman–Crippen LogP) is 12.5. The highest BCUT2D eigenvalue weighted by molar-refractivity contribution is 6.00. The van der Waals surface area contributed by atoms with E-state index < -0.39 is 5.97 Å². The average Bonchev–Trinajstić information content (AvgIpc) is 3.15. The molecule has 0 aromatic heterocycles. The molecule has 0 unspecified atom stereocenters. The molecule has 5 aromatic rings. The van der Waals surface area contributed by atoms with Crippen molar-refractivity contribution < 1.29 is 19.0 Å². The van der Waals surface area contributed by atoms with Crippen LogP contribution in [0.5, 0.6) is 11.5 Å². The van der Waals surface area contributed by atoms with Crippen LogP contribution in [-0.2, 0) is 16.7 Å². The summed E-state index contributed by atoms with van der Waals surface area (Å²) in [6.07, 6.45) is 5.62. The van der Waals surface area contributed by atoms with Crippen molar-refractivity contribution in [2.75, 3.05) is 18.5 Å². The van der Waals surface area contributed by atoms with Gasteiger partial charge in [0.05, 0.1) is 36.4 Å². The first-order valence-electron chi connectivity index (χ1n) is 18.1. The number of benzene rings is 5.